The van der Waals surface area contributed by atoms with E-state index in [4.69, 9.17) is 0 Å². The number of carbonyl (C=O) groups is 3. The third kappa shape index (κ3) is 2.51. The molecule has 0 radical (unpaired) electrons. The van der Waals surface area contributed by atoms with Gasteiger partial charge in [-0.05, 0) is 36.6 Å². The minimum Gasteiger partial charge on any atom is -0.337 e. The summed E-state index contributed by atoms with van der Waals surface area (Å²) in [5.74, 6) is -0.599. The van der Waals surface area contributed by atoms with Crippen molar-refractivity contribution in [2.45, 2.75) is 26.3 Å². The molecule has 1 spiro atoms. The van der Waals surface area contributed by atoms with E-state index in [0.29, 0.717) is 30.6 Å². The number of fused-ring (bicyclic) bond motifs is 1. The van der Waals surface area contributed by atoms with Crippen molar-refractivity contribution < 1.29 is 18.9 Å². The first kappa shape index (κ1) is 15.6. The van der Waals surface area contributed by atoms with Crippen LogP contribution in [-0.2, 0) is 4.79 Å². The fraction of sp³-hybridized carbons (Fsp3) is 0.389. The van der Waals surface area contributed by atoms with Gasteiger partial charge in [0.1, 0.15) is 19.1 Å². The van der Waals surface area contributed by atoms with Crippen molar-refractivity contribution in [2.24, 2.45) is 5.92 Å². The maximum Gasteiger partial charge on any atom is 0.354 e. The third-order valence-corrected chi connectivity index (χ3v) is 4.52. The number of benzene rings is 1. The van der Waals surface area contributed by atoms with Gasteiger partial charge in [-0.15, -0.1) is 0 Å². The molecule has 0 fully saturated rings. The largest absolute Gasteiger partial charge is 0.354 e. The Balaban J connectivity index is 2.13. The first-order chi connectivity index (χ1) is 11.0. The van der Waals surface area contributed by atoms with Crippen molar-refractivity contribution in [1.82, 2.24) is 5.32 Å². The maximum atomic E-state index is 13.1. The SMILES string of the molecule is CC(C)C[C@@H]1NC(=O)c2ccccc2C(=O)[N+]2(CC=CC2)C1=O. The molecule has 0 saturated carbocycles. The number of nitrogens with one attached hydrogen (secondary N) is 1. The van der Waals surface area contributed by atoms with E-state index in [-0.39, 0.29) is 28.1 Å². The highest BCUT2D eigenvalue weighted by Crippen LogP contribution is 2.27. The summed E-state index contributed by atoms with van der Waals surface area (Å²) in [6, 6.07) is 6.09. The topological polar surface area (TPSA) is 63.2 Å². The van der Waals surface area contributed by atoms with Crippen LogP contribution in [0.1, 0.15) is 41.0 Å². The van der Waals surface area contributed by atoms with Crippen molar-refractivity contribution in [3.63, 3.8) is 0 Å². The Kier molecular flexibility index (Phi) is 3.90. The molecule has 1 N–H and O–H groups in total. The summed E-state index contributed by atoms with van der Waals surface area (Å²) in [6.07, 6.45) is 4.27. The summed E-state index contributed by atoms with van der Waals surface area (Å²) in [6.45, 7) is 4.72. The molecule has 3 amide bonds. The van der Waals surface area contributed by atoms with Gasteiger partial charge >= 0.3 is 11.8 Å². The van der Waals surface area contributed by atoms with Crippen LogP contribution in [0.5, 0.6) is 0 Å². The lowest BCUT2D eigenvalue weighted by Gasteiger charge is -2.34. The van der Waals surface area contributed by atoms with E-state index in [1.54, 1.807) is 24.3 Å². The van der Waals surface area contributed by atoms with Crippen molar-refractivity contribution in [3.05, 3.63) is 47.5 Å². The van der Waals surface area contributed by atoms with E-state index in [9.17, 15) is 14.4 Å². The van der Waals surface area contributed by atoms with Crippen LogP contribution < -0.4 is 5.32 Å². The summed E-state index contributed by atoms with van der Waals surface area (Å²) >= 11 is 0. The van der Waals surface area contributed by atoms with Crippen LogP contribution in [0.4, 0.5) is 0 Å². The lowest BCUT2D eigenvalue weighted by molar-refractivity contribution is -0.755. The molecule has 120 valence electrons. The number of nitrogens with zero attached hydrogens (tertiary/aromatic N) is 1. The third-order valence-electron chi connectivity index (χ3n) is 4.52. The Labute approximate surface area is 135 Å². The summed E-state index contributed by atoms with van der Waals surface area (Å²) < 4.78 is -0.255. The van der Waals surface area contributed by atoms with Gasteiger partial charge < -0.3 is 5.32 Å². The molecule has 2 aliphatic rings. The van der Waals surface area contributed by atoms with Crippen LogP contribution in [-0.4, -0.2) is 41.3 Å². The van der Waals surface area contributed by atoms with Crippen LogP contribution in [0, 0.1) is 5.92 Å². The van der Waals surface area contributed by atoms with E-state index >= 15 is 0 Å². The molecule has 5 nitrogen and oxygen atoms in total. The smallest absolute Gasteiger partial charge is 0.337 e. The number of carbonyl (C=O) groups excluding carboxylic acids is 3. The second-order valence-corrected chi connectivity index (χ2v) is 6.65. The normalized spacial score (nSPS) is 22.9. The van der Waals surface area contributed by atoms with Gasteiger partial charge in [-0.25, -0.2) is 9.59 Å². The lowest BCUT2D eigenvalue weighted by Crippen LogP contribution is -2.64. The molecule has 0 bridgehead atoms. The molecule has 5 heteroatoms. The van der Waals surface area contributed by atoms with Crippen molar-refractivity contribution in [1.29, 1.82) is 0 Å². The molecule has 2 heterocycles. The molecule has 1 aromatic carbocycles. The zero-order valence-electron chi connectivity index (χ0n) is 13.4. The molecule has 0 saturated heterocycles. The first-order valence-electron chi connectivity index (χ1n) is 7.97. The van der Waals surface area contributed by atoms with E-state index < -0.39 is 6.04 Å². The Hall–Kier alpha value is -2.27. The fourth-order valence-corrected chi connectivity index (χ4v) is 3.35. The molecular formula is C18H21N2O3+. The second-order valence-electron chi connectivity index (χ2n) is 6.65. The molecule has 1 atom stereocenters. The highest BCUT2D eigenvalue weighted by molar-refractivity contribution is 6.10. The minimum atomic E-state index is -0.639. The average molecular weight is 313 g/mol. The average Bonchev–Trinajstić information content (AvgIpc) is 3.02. The van der Waals surface area contributed by atoms with Gasteiger partial charge in [-0.3, -0.25) is 4.79 Å². The molecule has 0 aliphatic carbocycles. The second kappa shape index (κ2) is 5.74. The summed E-state index contributed by atoms with van der Waals surface area (Å²) in [4.78, 5) is 38.8. The quantitative estimate of drug-likeness (QED) is 0.515. The van der Waals surface area contributed by atoms with Gasteiger partial charge in [-0.2, -0.15) is 4.48 Å². The van der Waals surface area contributed by atoms with Crippen LogP contribution in [0.15, 0.2) is 36.4 Å². The number of hydrogen-bond acceptors (Lipinski definition) is 3. The molecule has 1 aromatic rings. The summed E-state index contributed by atoms with van der Waals surface area (Å²) in [7, 11) is 0. The van der Waals surface area contributed by atoms with E-state index in [2.05, 4.69) is 5.32 Å². The van der Waals surface area contributed by atoms with Crippen LogP contribution in [0.25, 0.3) is 0 Å². The number of imide groups is 1. The minimum absolute atomic E-state index is 0.212. The van der Waals surface area contributed by atoms with Gasteiger partial charge in [0.2, 0.25) is 0 Å². The zero-order chi connectivity index (χ0) is 16.6. The number of rotatable bonds is 2. The number of quaternary nitrogens is 1. The Morgan fingerprint density at radius 1 is 1.09 bits per heavy atom. The number of amides is 3. The van der Waals surface area contributed by atoms with Gasteiger partial charge in [0.05, 0.1) is 11.1 Å². The van der Waals surface area contributed by atoms with E-state index in [1.807, 2.05) is 26.0 Å². The van der Waals surface area contributed by atoms with Crippen molar-refractivity contribution >= 4 is 17.7 Å². The van der Waals surface area contributed by atoms with Crippen LogP contribution in [0.2, 0.25) is 0 Å². The molecule has 0 unspecified atom stereocenters. The van der Waals surface area contributed by atoms with Crippen molar-refractivity contribution in [3.8, 4) is 0 Å². The van der Waals surface area contributed by atoms with Gasteiger partial charge in [0, 0.05) is 0 Å². The first-order valence-corrected chi connectivity index (χ1v) is 7.97. The molecule has 2 aliphatic heterocycles. The lowest BCUT2D eigenvalue weighted by atomic mass is 9.96. The van der Waals surface area contributed by atoms with Crippen LogP contribution in [0.3, 0.4) is 0 Å². The summed E-state index contributed by atoms with van der Waals surface area (Å²) in [5, 5.41) is 2.84. The number of hydrogen-bond donors (Lipinski definition) is 1. The van der Waals surface area contributed by atoms with Crippen LogP contribution >= 0.6 is 0 Å². The predicted molar refractivity (Wildman–Crippen MR) is 85.6 cm³/mol. The monoisotopic (exact) mass is 313 g/mol. The van der Waals surface area contributed by atoms with Crippen molar-refractivity contribution in [2.75, 3.05) is 13.1 Å². The highest BCUT2D eigenvalue weighted by Gasteiger charge is 2.51. The molecular weight excluding hydrogens is 292 g/mol. The standard InChI is InChI=1S/C18H20N2O3/c1-12(2)11-15-18(23)20(9-5-6-10-20)17(22)14-8-4-3-7-13(14)16(21)19-15/h3-8,12,15H,9-11H2,1-2H3/p+1/t15-/m0/s1. The van der Waals surface area contributed by atoms with E-state index in [1.165, 1.54) is 0 Å². The van der Waals surface area contributed by atoms with Gasteiger partial charge in [-0.1, -0.05) is 26.0 Å². The van der Waals surface area contributed by atoms with Gasteiger partial charge in [0.25, 0.3) is 5.91 Å². The molecule has 23 heavy (non-hydrogen) atoms. The Morgan fingerprint density at radius 2 is 1.70 bits per heavy atom. The predicted octanol–water partition coefficient (Wildman–Crippen LogP) is 1.90. The van der Waals surface area contributed by atoms with Gasteiger partial charge in [0.15, 0.2) is 0 Å². The molecule has 0 aromatic heterocycles. The maximum absolute atomic E-state index is 13.1. The Morgan fingerprint density at radius 3 is 2.30 bits per heavy atom. The zero-order valence-corrected chi connectivity index (χ0v) is 13.4. The molecule has 3 rings (SSSR count). The van der Waals surface area contributed by atoms with E-state index in [0.717, 1.165) is 0 Å². The highest BCUT2D eigenvalue weighted by atomic mass is 16.2. The fourth-order valence-electron chi connectivity index (χ4n) is 3.35. The summed E-state index contributed by atoms with van der Waals surface area (Å²) in [5.41, 5.74) is 0.674. The Bertz CT molecular complexity index is 698.